The second-order valence-corrected chi connectivity index (χ2v) is 4.26. The third-order valence-corrected chi connectivity index (χ3v) is 3.07. The molecule has 1 nitrogen and oxygen atoms in total. The zero-order valence-electron chi connectivity index (χ0n) is 9.80. The molecule has 0 N–H and O–H groups in total. The summed E-state index contributed by atoms with van der Waals surface area (Å²) >= 11 is 0. The molecule has 0 atom stereocenters. The van der Waals surface area contributed by atoms with Crippen LogP contribution in [-0.4, -0.2) is 6.79 Å². The quantitative estimate of drug-likeness (QED) is 0.752. The molecule has 0 bridgehead atoms. The summed E-state index contributed by atoms with van der Waals surface area (Å²) < 4.78 is 0. The van der Waals surface area contributed by atoms with E-state index >= 15 is 0 Å². The first-order valence-corrected chi connectivity index (χ1v) is 5.88. The van der Waals surface area contributed by atoms with Crippen LogP contribution in [0, 0.1) is 0 Å². The van der Waals surface area contributed by atoms with Crippen molar-refractivity contribution in [2.45, 2.75) is 18.8 Å². The molecule has 1 heteroatoms. The Hall–Kier alpha value is -1.89. The lowest BCUT2D eigenvalue weighted by molar-refractivity contribution is -0.0979. The van der Waals surface area contributed by atoms with E-state index < -0.39 is 0 Å². The SMILES string of the molecule is C=O.c1ccc(-c2ccc(C3CC3)cc2)cc1. The molecule has 1 saturated carbocycles. The van der Waals surface area contributed by atoms with Gasteiger partial charge in [-0.3, -0.25) is 0 Å². The van der Waals surface area contributed by atoms with Crippen LogP contribution < -0.4 is 0 Å². The van der Waals surface area contributed by atoms with Crippen LogP contribution in [0.2, 0.25) is 0 Å². The fourth-order valence-corrected chi connectivity index (χ4v) is 2.00. The maximum atomic E-state index is 8.00. The lowest BCUT2D eigenvalue weighted by Gasteiger charge is -2.03. The zero-order chi connectivity index (χ0) is 12.1. The normalized spacial score (nSPS) is 13.6. The van der Waals surface area contributed by atoms with Gasteiger partial charge in [-0.25, -0.2) is 0 Å². The first-order valence-electron chi connectivity index (χ1n) is 5.88. The van der Waals surface area contributed by atoms with E-state index in [0.717, 1.165) is 5.92 Å². The molecule has 0 radical (unpaired) electrons. The minimum Gasteiger partial charge on any atom is -0.307 e. The lowest BCUT2D eigenvalue weighted by Crippen LogP contribution is -1.80. The van der Waals surface area contributed by atoms with Crippen molar-refractivity contribution in [2.75, 3.05) is 0 Å². The highest BCUT2D eigenvalue weighted by molar-refractivity contribution is 5.63. The Kier molecular flexibility index (Phi) is 3.71. The molecule has 1 aliphatic carbocycles. The van der Waals surface area contributed by atoms with Crippen molar-refractivity contribution in [2.24, 2.45) is 0 Å². The summed E-state index contributed by atoms with van der Waals surface area (Å²) in [7, 11) is 0. The molecule has 0 aromatic heterocycles. The second-order valence-electron chi connectivity index (χ2n) is 4.26. The standard InChI is InChI=1S/C15H14.CH2O/c1-2-4-12(5-3-1)13-6-8-14(9-7-13)15-10-11-15;1-2/h1-9,15H,10-11H2;1H2. The second kappa shape index (κ2) is 5.44. The Bertz CT molecular complexity index is 455. The minimum absolute atomic E-state index is 0.856. The maximum Gasteiger partial charge on any atom is 0.106 e. The van der Waals surface area contributed by atoms with Crippen molar-refractivity contribution in [1.29, 1.82) is 0 Å². The van der Waals surface area contributed by atoms with Gasteiger partial charge in [0.25, 0.3) is 0 Å². The van der Waals surface area contributed by atoms with Gasteiger partial charge in [0.2, 0.25) is 0 Å². The third-order valence-electron chi connectivity index (χ3n) is 3.07. The van der Waals surface area contributed by atoms with E-state index in [9.17, 15) is 0 Å². The van der Waals surface area contributed by atoms with Crippen molar-refractivity contribution in [3.63, 3.8) is 0 Å². The van der Waals surface area contributed by atoms with E-state index in [4.69, 9.17) is 4.79 Å². The van der Waals surface area contributed by atoms with Gasteiger partial charge < -0.3 is 4.79 Å². The first-order chi connectivity index (χ1) is 8.43. The van der Waals surface area contributed by atoms with E-state index in [1.165, 1.54) is 29.5 Å². The smallest absolute Gasteiger partial charge is 0.106 e. The molecule has 0 heterocycles. The summed E-state index contributed by atoms with van der Waals surface area (Å²) in [6.45, 7) is 2.00. The molecule has 86 valence electrons. The van der Waals surface area contributed by atoms with Gasteiger partial charge in [0, 0.05) is 0 Å². The fourth-order valence-electron chi connectivity index (χ4n) is 2.00. The van der Waals surface area contributed by atoms with Gasteiger partial charge in [0.05, 0.1) is 0 Å². The molecular formula is C16H16O. The van der Waals surface area contributed by atoms with Crippen LogP contribution in [0.15, 0.2) is 54.6 Å². The summed E-state index contributed by atoms with van der Waals surface area (Å²) in [6, 6.07) is 19.6. The molecule has 1 fully saturated rings. The molecule has 17 heavy (non-hydrogen) atoms. The third kappa shape index (κ3) is 2.82. The Balaban J connectivity index is 0.000000514. The van der Waals surface area contributed by atoms with Crippen LogP contribution in [0.3, 0.4) is 0 Å². The van der Waals surface area contributed by atoms with E-state index in [0.29, 0.717) is 0 Å². The van der Waals surface area contributed by atoms with E-state index in [1.807, 2.05) is 6.79 Å². The van der Waals surface area contributed by atoms with E-state index in [1.54, 1.807) is 0 Å². The number of hydrogen-bond acceptors (Lipinski definition) is 1. The molecule has 0 aliphatic heterocycles. The van der Waals surface area contributed by atoms with Crippen LogP contribution in [0.1, 0.15) is 24.3 Å². The molecule has 0 saturated heterocycles. The van der Waals surface area contributed by atoms with Gasteiger partial charge in [-0.1, -0.05) is 54.6 Å². The van der Waals surface area contributed by atoms with E-state index in [-0.39, 0.29) is 0 Å². The number of benzene rings is 2. The summed E-state index contributed by atoms with van der Waals surface area (Å²) in [4.78, 5) is 8.00. The van der Waals surface area contributed by atoms with Crippen LogP contribution in [0.25, 0.3) is 11.1 Å². The first kappa shape index (κ1) is 11.6. The average Bonchev–Trinajstić information content (AvgIpc) is 3.27. The monoisotopic (exact) mass is 224 g/mol. The highest BCUT2D eigenvalue weighted by Gasteiger charge is 2.22. The summed E-state index contributed by atoms with van der Waals surface area (Å²) in [5.41, 5.74) is 4.13. The highest BCUT2D eigenvalue weighted by Crippen LogP contribution is 2.40. The Morgan fingerprint density at radius 3 is 1.82 bits per heavy atom. The predicted octanol–water partition coefficient (Wildman–Crippen LogP) is 4.05. The van der Waals surface area contributed by atoms with Crippen LogP contribution in [0.4, 0.5) is 0 Å². The summed E-state index contributed by atoms with van der Waals surface area (Å²) in [5.74, 6) is 0.856. The van der Waals surface area contributed by atoms with Crippen LogP contribution in [-0.2, 0) is 4.79 Å². The number of hydrogen-bond donors (Lipinski definition) is 0. The maximum absolute atomic E-state index is 8.00. The molecular weight excluding hydrogens is 208 g/mol. The van der Waals surface area contributed by atoms with Gasteiger partial charge in [-0.05, 0) is 35.4 Å². The number of carbonyl (C=O) groups excluding carboxylic acids is 1. The molecule has 3 rings (SSSR count). The Morgan fingerprint density at radius 2 is 1.29 bits per heavy atom. The molecule has 0 spiro atoms. The Labute approximate surface area is 102 Å². The molecule has 2 aromatic rings. The van der Waals surface area contributed by atoms with Gasteiger partial charge in [-0.15, -0.1) is 0 Å². The van der Waals surface area contributed by atoms with Crippen molar-refractivity contribution in [3.8, 4) is 11.1 Å². The summed E-state index contributed by atoms with van der Waals surface area (Å²) in [6.07, 6.45) is 2.76. The summed E-state index contributed by atoms with van der Waals surface area (Å²) in [5, 5.41) is 0. The fraction of sp³-hybridized carbons (Fsp3) is 0.188. The lowest BCUT2D eigenvalue weighted by atomic mass is 10.0. The van der Waals surface area contributed by atoms with Crippen molar-refractivity contribution >= 4 is 6.79 Å². The predicted molar refractivity (Wildman–Crippen MR) is 71.0 cm³/mol. The van der Waals surface area contributed by atoms with Gasteiger partial charge >= 0.3 is 0 Å². The van der Waals surface area contributed by atoms with Gasteiger partial charge in [-0.2, -0.15) is 0 Å². The average molecular weight is 224 g/mol. The number of carbonyl (C=O) groups is 1. The molecule has 0 amide bonds. The zero-order valence-corrected chi connectivity index (χ0v) is 9.80. The van der Waals surface area contributed by atoms with Crippen molar-refractivity contribution < 1.29 is 4.79 Å². The van der Waals surface area contributed by atoms with E-state index in [2.05, 4.69) is 54.6 Å². The molecule has 1 aliphatic rings. The van der Waals surface area contributed by atoms with Crippen LogP contribution >= 0.6 is 0 Å². The highest BCUT2D eigenvalue weighted by atomic mass is 16.1. The Morgan fingerprint density at radius 1 is 0.765 bits per heavy atom. The topological polar surface area (TPSA) is 17.1 Å². The molecule has 0 unspecified atom stereocenters. The largest absolute Gasteiger partial charge is 0.307 e. The van der Waals surface area contributed by atoms with Gasteiger partial charge in [0.15, 0.2) is 0 Å². The van der Waals surface area contributed by atoms with Crippen LogP contribution in [0.5, 0.6) is 0 Å². The van der Waals surface area contributed by atoms with Crippen molar-refractivity contribution in [1.82, 2.24) is 0 Å². The van der Waals surface area contributed by atoms with Gasteiger partial charge in [0.1, 0.15) is 6.79 Å². The minimum atomic E-state index is 0.856. The number of rotatable bonds is 2. The van der Waals surface area contributed by atoms with Crippen molar-refractivity contribution in [3.05, 3.63) is 60.2 Å². The molecule has 2 aromatic carbocycles.